The molecule has 0 aromatic heterocycles. The van der Waals surface area contributed by atoms with E-state index < -0.39 is 0 Å². The van der Waals surface area contributed by atoms with E-state index in [0.717, 1.165) is 17.1 Å². The van der Waals surface area contributed by atoms with Gasteiger partial charge >= 0.3 is 0 Å². The second-order valence-electron chi connectivity index (χ2n) is 4.85. The third-order valence-electron chi connectivity index (χ3n) is 3.16. The van der Waals surface area contributed by atoms with Gasteiger partial charge in [0.05, 0.1) is 11.4 Å². The Morgan fingerprint density at radius 3 is 2.30 bits per heavy atom. The van der Waals surface area contributed by atoms with Crippen molar-refractivity contribution in [3.63, 3.8) is 0 Å². The highest BCUT2D eigenvalue weighted by Crippen LogP contribution is 2.22. The van der Waals surface area contributed by atoms with Crippen LogP contribution in [0.1, 0.15) is 0 Å². The second-order valence-corrected chi connectivity index (χ2v) is 6.73. The SMILES string of the molecule is O=C1NC(=S)S[C@H]1CNc1ccc(N=Nc2ccccc2)cc1. The van der Waals surface area contributed by atoms with Crippen LogP contribution in [0.15, 0.2) is 64.8 Å². The summed E-state index contributed by atoms with van der Waals surface area (Å²) in [6.07, 6.45) is 0. The summed E-state index contributed by atoms with van der Waals surface area (Å²) >= 11 is 6.35. The van der Waals surface area contributed by atoms with Crippen molar-refractivity contribution in [2.24, 2.45) is 10.2 Å². The van der Waals surface area contributed by atoms with E-state index in [-0.39, 0.29) is 11.2 Å². The van der Waals surface area contributed by atoms with Gasteiger partial charge in [-0.2, -0.15) is 10.2 Å². The van der Waals surface area contributed by atoms with Gasteiger partial charge in [0.25, 0.3) is 0 Å². The van der Waals surface area contributed by atoms with Gasteiger partial charge < -0.3 is 10.6 Å². The molecule has 7 heteroatoms. The standard InChI is InChI=1S/C16H14N4OS2/c21-15-14(23-16(22)18-15)10-17-11-6-8-13(9-7-11)20-19-12-4-2-1-3-5-12/h1-9,14,17H,10H2,(H,18,21,22)/t14-/m0/s1. The highest BCUT2D eigenvalue weighted by atomic mass is 32.2. The van der Waals surface area contributed by atoms with Crippen LogP contribution in [-0.2, 0) is 4.79 Å². The lowest BCUT2D eigenvalue weighted by molar-refractivity contribution is -0.118. The molecule has 2 aromatic carbocycles. The monoisotopic (exact) mass is 342 g/mol. The van der Waals surface area contributed by atoms with E-state index in [2.05, 4.69) is 20.9 Å². The Balaban J connectivity index is 1.56. The molecule has 0 bridgehead atoms. The third kappa shape index (κ3) is 4.37. The zero-order valence-corrected chi connectivity index (χ0v) is 13.7. The van der Waals surface area contributed by atoms with Crippen LogP contribution in [0.2, 0.25) is 0 Å². The van der Waals surface area contributed by atoms with Crippen LogP contribution in [-0.4, -0.2) is 22.0 Å². The zero-order valence-electron chi connectivity index (χ0n) is 12.1. The lowest BCUT2D eigenvalue weighted by Gasteiger charge is -2.09. The maximum atomic E-state index is 11.6. The highest BCUT2D eigenvalue weighted by Gasteiger charge is 2.28. The molecule has 0 aliphatic carbocycles. The second kappa shape index (κ2) is 7.34. The van der Waals surface area contributed by atoms with Crippen molar-refractivity contribution >= 4 is 51.3 Å². The number of hydrogen-bond acceptors (Lipinski definition) is 6. The van der Waals surface area contributed by atoms with Gasteiger partial charge in [-0.3, -0.25) is 4.79 Å². The quantitative estimate of drug-likeness (QED) is 0.636. The molecule has 5 nitrogen and oxygen atoms in total. The number of carbonyl (C=O) groups is 1. The molecule has 23 heavy (non-hydrogen) atoms. The van der Waals surface area contributed by atoms with Crippen molar-refractivity contribution in [1.29, 1.82) is 0 Å². The molecule has 0 saturated carbocycles. The molecule has 1 atom stereocenters. The summed E-state index contributed by atoms with van der Waals surface area (Å²) in [7, 11) is 0. The van der Waals surface area contributed by atoms with E-state index in [1.54, 1.807) is 0 Å². The van der Waals surface area contributed by atoms with Gasteiger partial charge in [-0.1, -0.05) is 42.2 Å². The summed E-state index contributed by atoms with van der Waals surface area (Å²) in [5, 5.41) is 14.0. The smallest absolute Gasteiger partial charge is 0.240 e. The summed E-state index contributed by atoms with van der Waals surface area (Å²) < 4.78 is 0.540. The Morgan fingerprint density at radius 1 is 1.04 bits per heavy atom. The molecule has 1 aliphatic rings. The predicted molar refractivity (Wildman–Crippen MR) is 97.7 cm³/mol. The van der Waals surface area contributed by atoms with E-state index in [0.29, 0.717) is 10.9 Å². The van der Waals surface area contributed by atoms with Crippen molar-refractivity contribution < 1.29 is 4.79 Å². The maximum absolute atomic E-state index is 11.6. The number of hydrogen-bond donors (Lipinski definition) is 2. The topological polar surface area (TPSA) is 65.8 Å². The Kier molecular flexibility index (Phi) is 4.99. The maximum Gasteiger partial charge on any atom is 0.240 e. The summed E-state index contributed by atoms with van der Waals surface area (Å²) in [6.45, 7) is 0.529. The number of thiocarbonyl (C=S) groups is 1. The van der Waals surface area contributed by atoms with E-state index in [1.807, 2.05) is 54.6 Å². The minimum absolute atomic E-state index is 0.0409. The molecular formula is C16H14N4OS2. The Bertz CT molecular complexity index is 732. The molecular weight excluding hydrogens is 328 g/mol. The predicted octanol–water partition coefficient (Wildman–Crippen LogP) is 4.03. The van der Waals surface area contributed by atoms with Crippen LogP contribution in [0.3, 0.4) is 0 Å². The number of thioether (sulfide) groups is 1. The average Bonchev–Trinajstić information content (AvgIpc) is 2.90. The van der Waals surface area contributed by atoms with Gasteiger partial charge in [0, 0.05) is 12.2 Å². The van der Waals surface area contributed by atoms with Crippen LogP contribution >= 0.6 is 24.0 Å². The molecule has 116 valence electrons. The van der Waals surface area contributed by atoms with Crippen molar-refractivity contribution in [3.05, 3.63) is 54.6 Å². The molecule has 1 fully saturated rings. The van der Waals surface area contributed by atoms with E-state index >= 15 is 0 Å². The number of carbonyl (C=O) groups excluding carboxylic acids is 1. The molecule has 3 rings (SSSR count). The van der Waals surface area contributed by atoms with Gasteiger partial charge in [-0.05, 0) is 36.4 Å². The lowest BCUT2D eigenvalue weighted by Crippen LogP contribution is -2.28. The number of nitrogens with zero attached hydrogens (tertiary/aromatic N) is 2. The van der Waals surface area contributed by atoms with Crippen molar-refractivity contribution in [2.45, 2.75) is 5.25 Å². The summed E-state index contributed by atoms with van der Waals surface area (Å²) in [6, 6.07) is 17.2. The first-order valence-electron chi connectivity index (χ1n) is 7.03. The number of amides is 1. The van der Waals surface area contributed by atoms with Gasteiger partial charge in [-0.25, -0.2) is 0 Å². The van der Waals surface area contributed by atoms with Crippen LogP contribution < -0.4 is 10.6 Å². The molecule has 0 radical (unpaired) electrons. The first-order chi connectivity index (χ1) is 11.2. The van der Waals surface area contributed by atoms with E-state index in [1.165, 1.54) is 11.8 Å². The number of nitrogens with one attached hydrogen (secondary N) is 2. The number of rotatable bonds is 5. The third-order valence-corrected chi connectivity index (χ3v) is 4.54. The first-order valence-corrected chi connectivity index (χ1v) is 8.32. The number of azo groups is 1. The van der Waals surface area contributed by atoms with Gasteiger partial charge in [0.2, 0.25) is 5.91 Å². The Morgan fingerprint density at radius 2 is 1.70 bits per heavy atom. The van der Waals surface area contributed by atoms with Gasteiger partial charge in [-0.15, -0.1) is 0 Å². The van der Waals surface area contributed by atoms with Gasteiger partial charge in [0.15, 0.2) is 0 Å². The first kappa shape index (κ1) is 15.6. The zero-order chi connectivity index (χ0) is 16.1. The molecule has 2 N–H and O–H groups in total. The van der Waals surface area contributed by atoms with E-state index in [9.17, 15) is 4.79 Å². The number of anilines is 1. The molecule has 1 heterocycles. The fourth-order valence-electron chi connectivity index (χ4n) is 1.99. The molecule has 1 aliphatic heterocycles. The van der Waals surface area contributed by atoms with Crippen LogP contribution in [0, 0.1) is 0 Å². The fourth-order valence-corrected chi connectivity index (χ4v) is 3.19. The minimum atomic E-state index is -0.181. The van der Waals surface area contributed by atoms with Crippen LogP contribution in [0.4, 0.5) is 17.1 Å². The Labute approximate surface area is 143 Å². The average molecular weight is 342 g/mol. The highest BCUT2D eigenvalue weighted by molar-refractivity contribution is 8.24. The van der Waals surface area contributed by atoms with Crippen molar-refractivity contribution in [2.75, 3.05) is 11.9 Å². The van der Waals surface area contributed by atoms with E-state index in [4.69, 9.17) is 12.2 Å². The Hall–Kier alpha value is -2.25. The van der Waals surface area contributed by atoms with Crippen molar-refractivity contribution in [3.8, 4) is 0 Å². The number of benzene rings is 2. The molecule has 1 amide bonds. The summed E-state index contributed by atoms with van der Waals surface area (Å²) in [5.41, 5.74) is 2.51. The summed E-state index contributed by atoms with van der Waals surface area (Å²) in [5.74, 6) is -0.0409. The normalized spacial score (nSPS) is 17.5. The van der Waals surface area contributed by atoms with Crippen molar-refractivity contribution in [1.82, 2.24) is 5.32 Å². The summed E-state index contributed by atoms with van der Waals surface area (Å²) in [4.78, 5) is 11.6. The minimum Gasteiger partial charge on any atom is -0.383 e. The fraction of sp³-hybridized carbons (Fsp3) is 0.125. The molecule has 1 saturated heterocycles. The lowest BCUT2D eigenvalue weighted by atomic mass is 10.2. The van der Waals surface area contributed by atoms with Crippen LogP contribution in [0.25, 0.3) is 0 Å². The molecule has 0 unspecified atom stereocenters. The van der Waals surface area contributed by atoms with Crippen LogP contribution in [0.5, 0.6) is 0 Å². The van der Waals surface area contributed by atoms with Gasteiger partial charge in [0.1, 0.15) is 9.57 Å². The largest absolute Gasteiger partial charge is 0.383 e. The molecule has 2 aromatic rings. The molecule has 0 spiro atoms.